The fraction of sp³-hybridized carbons (Fsp3) is 0.429. The van der Waals surface area contributed by atoms with Gasteiger partial charge in [-0.1, -0.05) is 26.0 Å². The Morgan fingerprint density at radius 2 is 1.31 bits per heavy atom. The molecule has 0 heterocycles. The molecule has 0 bridgehead atoms. The van der Waals surface area contributed by atoms with E-state index >= 15 is 0 Å². The van der Waals surface area contributed by atoms with Gasteiger partial charge in [0.1, 0.15) is 36.2 Å². The zero-order chi connectivity index (χ0) is 18.8. The minimum absolute atomic E-state index is 0.468. The molecule has 0 fully saturated rings. The molecule has 0 aliphatic heterocycles. The monoisotopic (exact) mass is 359 g/mol. The quantitative estimate of drug-likeness (QED) is 0.606. The van der Waals surface area contributed by atoms with E-state index in [2.05, 4.69) is 18.7 Å². The molecule has 0 amide bonds. The summed E-state index contributed by atoms with van der Waals surface area (Å²) < 4.78 is 22.2. The van der Waals surface area contributed by atoms with Gasteiger partial charge in [-0.2, -0.15) is 0 Å². The summed E-state index contributed by atoms with van der Waals surface area (Å²) in [6, 6.07) is 13.5. The lowest BCUT2D eigenvalue weighted by atomic mass is 10.2. The summed E-state index contributed by atoms with van der Waals surface area (Å²) in [6.07, 6.45) is 0. The number of ether oxygens (including phenoxy) is 4. The van der Waals surface area contributed by atoms with E-state index in [9.17, 15) is 0 Å². The molecule has 0 aliphatic carbocycles. The van der Waals surface area contributed by atoms with E-state index in [1.54, 1.807) is 14.2 Å². The number of hydrogen-bond acceptors (Lipinski definition) is 5. The Hall–Kier alpha value is -2.40. The third-order valence-electron chi connectivity index (χ3n) is 4.22. The SMILES string of the molecule is CCN(CC)CCOc1ccc(COc2cc(OC)cc(OC)c2)cc1. The van der Waals surface area contributed by atoms with Crippen LogP contribution in [0, 0.1) is 0 Å². The van der Waals surface area contributed by atoms with Crippen molar-refractivity contribution in [1.82, 2.24) is 4.90 Å². The van der Waals surface area contributed by atoms with Gasteiger partial charge in [-0.3, -0.25) is 0 Å². The van der Waals surface area contributed by atoms with E-state index in [4.69, 9.17) is 18.9 Å². The Morgan fingerprint density at radius 1 is 0.731 bits per heavy atom. The first-order valence-corrected chi connectivity index (χ1v) is 8.98. The summed E-state index contributed by atoms with van der Waals surface area (Å²) >= 11 is 0. The molecule has 2 rings (SSSR count). The summed E-state index contributed by atoms with van der Waals surface area (Å²) in [5.74, 6) is 3.00. The molecule has 0 unspecified atom stereocenters. The van der Waals surface area contributed by atoms with Gasteiger partial charge < -0.3 is 23.8 Å². The van der Waals surface area contributed by atoms with E-state index in [1.165, 1.54) is 0 Å². The molecular formula is C21H29NO4. The van der Waals surface area contributed by atoms with Gasteiger partial charge in [0, 0.05) is 24.7 Å². The molecule has 142 valence electrons. The lowest BCUT2D eigenvalue weighted by molar-refractivity contribution is 0.222. The van der Waals surface area contributed by atoms with Gasteiger partial charge in [0.25, 0.3) is 0 Å². The molecular weight excluding hydrogens is 330 g/mol. The molecule has 0 radical (unpaired) electrons. The van der Waals surface area contributed by atoms with Gasteiger partial charge in [-0.25, -0.2) is 0 Å². The lowest BCUT2D eigenvalue weighted by Gasteiger charge is -2.18. The minimum Gasteiger partial charge on any atom is -0.496 e. The molecule has 0 saturated heterocycles. The van der Waals surface area contributed by atoms with Crippen LogP contribution in [0.2, 0.25) is 0 Å². The van der Waals surface area contributed by atoms with Crippen molar-refractivity contribution >= 4 is 0 Å². The highest BCUT2D eigenvalue weighted by molar-refractivity contribution is 5.42. The van der Waals surface area contributed by atoms with Crippen LogP contribution in [0.4, 0.5) is 0 Å². The van der Waals surface area contributed by atoms with E-state index in [0.29, 0.717) is 30.5 Å². The van der Waals surface area contributed by atoms with Gasteiger partial charge in [0.15, 0.2) is 0 Å². The maximum absolute atomic E-state index is 5.85. The average molecular weight is 359 g/mol. The van der Waals surface area contributed by atoms with Crippen LogP contribution in [0.25, 0.3) is 0 Å². The summed E-state index contributed by atoms with van der Waals surface area (Å²) in [7, 11) is 3.25. The van der Waals surface area contributed by atoms with Crippen molar-refractivity contribution < 1.29 is 18.9 Å². The van der Waals surface area contributed by atoms with E-state index in [0.717, 1.165) is 30.9 Å². The van der Waals surface area contributed by atoms with Crippen molar-refractivity contribution in [3.63, 3.8) is 0 Å². The summed E-state index contributed by atoms with van der Waals surface area (Å²) in [5, 5.41) is 0. The zero-order valence-corrected chi connectivity index (χ0v) is 16.2. The molecule has 0 atom stereocenters. The zero-order valence-electron chi connectivity index (χ0n) is 16.2. The van der Waals surface area contributed by atoms with Crippen LogP contribution in [0.5, 0.6) is 23.0 Å². The normalized spacial score (nSPS) is 10.7. The highest BCUT2D eigenvalue weighted by atomic mass is 16.5. The topological polar surface area (TPSA) is 40.2 Å². The Balaban J connectivity index is 1.85. The Kier molecular flexibility index (Phi) is 8.09. The van der Waals surface area contributed by atoms with E-state index in [-0.39, 0.29) is 0 Å². The molecule has 5 nitrogen and oxygen atoms in total. The van der Waals surface area contributed by atoms with Crippen molar-refractivity contribution in [2.45, 2.75) is 20.5 Å². The minimum atomic E-state index is 0.468. The second-order valence-electron chi connectivity index (χ2n) is 5.86. The number of rotatable bonds is 11. The first-order chi connectivity index (χ1) is 12.7. The number of methoxy groups -OCH3 is 2. The Bertz CT molecular complexity index is 631. The van der Waals surface area contributed by atoms with Crippen molar-refractivity contribution in [1.29, 1.82) is 0 Å². The van der Waals surface area contributed by atoms with Crippen LogP contribution in [-0.4, -0.2) is 45.4 Å². The highest BCUT2D eigenvalue weighted by Crippen LogP contribution is 2.28. The maximum Gasteiger partial charge on any atom is 0.127 e. The molecule has 0 aliphatic rings. The van der Waals surface area contributed by atoms with Crippen LogP contribution < -0.4 is 18.9 Å². The lowest BCUT2D eigenvalue weighted by Crippen LogP contribution is -2.27. The summed E-state index contributed by atoms with van der Waals surface area (Å²) in [6.45, 7) is 8.52. The molecule has 0 N–H and O–H groups in total. The Labute approximate surface area is 156 Å². The summed E-state index contributed by atoms with van der Waals surface area (Å²) in [4.78, 5) is 2.34. The van der Waals surface area contributed by atoms with Crippen LogP contribution in [0.3, 0.4) is 0 Å². The van der Waals surface area contributed by atoms with Gasteiger partial charge in [0.2, 0.25) is 0 Å². The number of nitrogens with zero attached hydrogens (tertiary/aromatic N) is 1. The molecule has 2 aromatic rings. The Morgan fingerprint density at radius 3 is 1.85 bits per heavy atom. The number of likely N-dealkylation sites (N-methyl/N-ethyl adjacent to an activating group) is 1. The second kappa shape index (κ2) is 10.6. The second-order valence-corrected chi connectivity index (χ2v) is 5.86. The van der Waals surface area contributed by atoms with Crippen molar-refractivity contribution in [2.75, 3.05) is 40.5 Å². The van der Waals surface area contributed by atoms with Crippen LogP contribution in [-0.2, 0) is 6.61 Å². The van der Waals surface area contributed by atoms with E-state index in [1.807, 2.05) is 42.5 Å². The van der Waals surface area contributed by atoms with Crippen LogP contribution in [0.15, 0.2) is 42.5 Å². The van der Waals surface area contributed by atoms with Crippen molar-refractivity contribution in [3.05, 3.63) is 48.0 Å². The molecule has 0 aromatic heterocycles. The first kappa shape index (κ1) is 19.9. The van der Waals surface area contributed by atoms with Gasteiger partial charge in [-0.05, 0) is 30.8 Å². The molecule has 5 heteroatoms. The first-order valence-electron chi connectivity index (χ1n) is 8.98. The molecule has 2 aromatic carbocycles. The summed E-state index contributed by atoms with van der Waals surface area (Å²) in [5.41, 5.74) is 1.07. The largest absolute Gasteiger partial charge is 0.496 e. The predicted molar refractivity (Wildman–Crippen MR) is 104 cm³/mol. The van der Waals surface area contributed by atoms with E-state index < -0.39 is 0 Å². The van der Waals surface area contributed by atoms with Gasteiger partial charge >= 0.3 is 0 Å². The van der Waals surface area contributed by atoms with Crippen LogP contribution in [0.1, 0.15) is 19.4 Å². The highest BCUT2D eigenvalue weighted by Gasteiger charge is 2.04. The maximum atomic E-state index is 5.85. The fourth-order valence-electron chi connectivity index (χ4n) is 2.55. The van der Waals surface area contributed by atoms with Crippen molar-refractivity contribution in [3.8, 4) is 23.0 Å². The molecule has 0 saturated carbocycles. The smallest absolute Gasteiger partial charge is 0.127 e. The number of benzene rings is 2. The molecule has 26 heavy (non-hydrogen) atoms. The third-order valence-corrected chi connectivity index (χ3v) is 4.22. The predicted octanol–water partition coefficient (Wildman–Crippen LogP) is 4.00. The van der Waals surface area contributed by atoms with Gasteiger partial charge in [-0.15, -0.1) is 0 Å². The van der Waals surface area contributed by atoms with Gasteiger partial charge in [0.05, 0.1) is 14.2 Å². The standard InChI is InChI=1S/C21H29NO4/c1-5-22(6-2)11-12-25-18-9-7-17(8-10-18)16-26-21-14-19(23-3)13-20(15-21)24-4/h7-10,13-15H,5-6,11-12,16H2,1-4H3. The molecule has 0 spiro atoms. The fourth-order valence-corrected chi connectivity index (χ4v) is 2.55. The van der Waals surface area contributed by atoms with Crippen molar-refractivity contribution in [2.24, 2.45) is 0 Å². The van der Waals surface area contributed by atoms with Crippen LogP contribution >= 0.6 is 0 Å². The number of hydrogen-bond donors (Lipinski definition) is 0. The average Bonchev–Trinajstić information content (AvgIpc) is 2.70. The third kappa shape index (κ3) is 6.15.